The first-order valence-electron chi connectivity index (χ1n) is 8.42. The van der Waals surface area contributed by atoms with Gasteiger partial charge in [0.05, 0.1) is 19.3 Å². The smallest absolute Gasteiger partial charge is 0.153 e. The number of ether oxygens (including phenoxy) is 2. The van der Waals surface area contributed by atoms with Gasteiger partial charge in [-0.05, 0) is 37.3 Å². The Labute approximate surface area is 137 Å². The fourth-order valence-electron chi connectivity index (χ4n) is 2.84. The predicted octanol–water partition coefficient (Wildman–Crippen LogP) is 2.89. The average Bonchev–Trinajstić information content (AvgIpc) is 3.18. The van der Waals surface area contributed by atoms with Crippen molar-refractivity contribution in [2.75, 3.05) is 13.2 Å². The van der Waals surface area contributed by atoms with Crippen LogP contribution >= 0.6 is 0 Å². The van der Waals surface area contributed by atoms with Gasteiger partial charge in [0, 0.05) is 6.61 Å². The minimum atomic E-state index is 0.244. The molecule has 0 radical (unpaired) electrons. The number of benzene rings is 1. The van der Waals surface area contributed by atoms with E-state index in [9.17, 15) is 0 Å². The third kappa shape index (κ3) is 4.39. The van der Waals surface area contributed by atoms with Gasteiger partial charge in [0.15, 0.2) is 5.82 Å². The fourth-order valence-corrected chi connectivity index (χ4v) is 2.84. The zero-order valence-electron chi connectivity index (χ0n) is 14.0. The van der Waals surface area contributed by atoms with Gasteiger partial charge in [-0.25, -0.2) is 9.67 Å². The van der Waals surface area contributed by atoms with E-state index in [-0.39, 0.29) is 6.10 Å². The molecule has 5 nitrogen and oxygen atoms in total. The van der Waals surface area contributed by atoms with E-state index in [1.54, 1.807) is 0 Å². The topological polar surface area (TPSA) is 49.2 Å². The SMILES string of the molecule is CCc1ccc(Cn2nc(C)nc2COC[C@H]2CCCO2)cc1. The maximum absolute atomic E-state index is 5.78. The summed E-state index contributed by atoms with van der Waals surface area (Å²) in [6, 6.07) is 8.67. The van der Waals surface area contributed by atoms with Crippen LogP contribution < -0.4 is 0 Å². The molecule has 5 heteroatoms. The van der Waals surface area contributed by atoms with Gasteiger partial charge < -0.3 is 9.47 Å². The van der Waals surface area contributed by atoms with Crippen LogP contribution in [0, 0.1) is 6.92 Å². The van der Waals surface area contributed by atoms with Crippen molar-refractivity contribution in [2.24, 2.45) is 0 Å². The van der Waals surface area contributed by atoms with Crippen molar-refractivity contribution in [3.8, 4) is 0 Å². The molecule has 2 aromatic rings. The Kier molecular flexibility index (Phi) is 5.41. The predicted molar refractivity (Wildman–Crippen MR) is 88.3 cm³/mol. The molecule has 2 heterocycles. The molecule has 23 heavy (non-hydrogen) atoms. The summed E-state index contributed by atoms with van der Waals surface area (Å²) in [6.45, 7) is 6.78. The van der Waals surface area contributed by atoms with Crippen molar-refractivity contribution in [2.45, 2.75) is 52.4 Å². The molecule has 0 spiro atoms. The lowest BCUT2D eigenvalue weighted by molar-refractivity contribution is 0.00771. The Hall–Kier alpha value is -1.72. The molecule has 1 fully saturated rings. The molecule has 0 N–H and O–H groups in total. The average molecular weight is 315 g/mol. The standard InChI is InChI=1S/C18H25N3O2/c1-3-15-6-8-16(9-7-15)11-21-18(19-14(2)20-21)13-22-12-17-5-4-10-23-17/h6-9,17H,3-5,10-13H2,1-2H3/t17-/m1/s1. The lowest BCUT2D eigenvalue weighted by atomic mass is 10.1. The van der Waals surface area contributed by atoms with Gasteiger partial charge in [-0.15, -0.1) is 0 Å². The number of hydrogen-bond acceptors (Lipinski definition) is 4. The maximum atomic E-state index is 5.78. The summed E-state index contributed by atoms with van der Waals surface area (Å²) < 4.78 is 13.3. The van der Waals surface area contributed by atoms with Crippen molar-refractivity contribution >= 4 is 0 Å². The lowest BCUT2D eigenvalue weighted by Gasteiger charge is -2.11. The summed E-state index contributed by atoms with van der Waals surface area (Å²) in [6.07, 6.45) is 3.53. The number of rotatable bonds is 7. The number of hydrogen-bond donors (Lipinski definition) is 0. The van der Waals surface area contributed by atoms with Crippen molar-refractivity contribution in [3.05, 3.63) is 47.0 Å². The van der Waals surface area contributed by atoms with E-state index in [1.807, 2.05) is 11.6 Å². The van der Waals surface area contributed by atoms with Crippen LogP contribution in [-0.2, 0) is 29.0 Å². The molecule has 124 valence electrons. The summed E-state index contributed by atoms with van der Waals surface area (Å²) in [5.74, 6) is 1.66. The third-order valence-corrected chi connectivity index (χ3v) is 4.18. The highest BCUT2D eigenvalue weighted by Gasteiger charge is 2.16. The second-order valence-electron chi connectivity index (χ2n) is 6.05. The monoisotopic (exact) mass is 315 g/mol. The summed E-state index contributed by atoms with van der Waals surface area (Å²) in [5, 5.41) is 4.49. The molecule has 0 amide bonds. The first-order valence-corrected chi connectivity index (χ1v) is 8.42. The van der Waals surface area contributed by atoms with Gasteiger partial charge in [0.25, 0.3) is 0 Å². The van der Waals surface area contributed by atoms with Gasteiger partial charge in [-0.2, -0.15) is 5.10 Å². The van der Waals surface area contributed by atoms with E-state index in [4.69, 9.17) is 9.47 Å². The van der Waals surface area contributed by atoms with Gasteiger partial charge in [0.1, 0.15) is 12.4 Å². The zero-order valence-corrected chi connectivity index (χ0v) is 14.0. The summed E-state index contributed by atoms with van der Waals surface area (Å²) in [5.41, 5.74) is 2.58. The molecule has 1 aromatic heterocycles. The van der Waals surface area contributed by atoms with Crippen molar-refractivity contribution in [1.29, 1.82) is 0 Å². The Bertz CT molecular complexity index is 616. The van der Waals surface area contributed by atoms with Crippen LogP contribution in [0.2, 0.25) is 0 Å². The van der Waals surface area contributed by atoms with Gasteiger partial charge >= 0.3 is 0 Å². The molecule has 1 atom stereocenters. The van der Waals surface area contributed by atoms with Crippen LogP contribution in [0.15, 0.2) is 24.3 Å². The van der Waals surface area contributed by atoms with Gasteiger partial charge in [-0.3, -0.25) is 0 Å². The summed E-state index contributed by atoms with van der Waals surface area (Å²) in [4.78, 5) is 4.49. The number of aromatic nitrogens is 3. The van der Waals surface area contributed by atoms with Crippen LogP contribution in [0.3, 0.4) is 0 Å². The van der Waals surface area contributed by atoms with Crippen LogP contribution in [0.1, 0.15) is 42.5 Å². The molecule has 0 bridgehead atoms. The van der Waals surface area contributed by atoms with Gasteiger partial charge in [-0.1, -0.05) is 31.2 Å². The summed E-state index contributed by atoms with van der Waals surface area (Å²) >= 11 is 0. The van der Waals surface area contributed by atoms with E-state index in [0.29, 0.717) is 13.2 Å². The molecule has 0 unspecified atom stereocenters. The highest BCUT2D eigenvalue weighted by atomic mass is 16.5. The second-order valence-corrected chi connectivity index (χ2v) is 6.05. The Morgan fingerprint density at radius 1 is 1.26 bits per heavy atom. The Morgan fingerprint density at radius 3 is 2.74 bits per heavy atom. The van der Waals surface area contributed by atoms with Crippen molar-refractivity contribution in [1.82, 2.24) is 14.8 Å². The Morgan fingerprint density at radius 2 is 2.04 bits per heavy atom. The normalized spacial score (nSPS) is 17.7. The molecule has 0 saturated carbocycles. The molecule has 1 aliphatic heterocycles. The second kappa shape index (κ2) is 7.70. The fraction of sp³-hybridized carbons (Fsp3) is 0.556. The van der Waals surface area contributed by atoms with E-state index in [1.165, 1.54) is 11.1 Å². The molecular formula is C18H25N3O2. The van der Waals surface area contributed by atoms with Crippen molar-refractivity contribution < 1.29 is 9.47 Å². The van der Waals surface area contributed by atoms with E-state index < -0.39 is 0 Å². The first-order chi connectivity index (χ1) is 11.2. The van der Waals surface area contributed by atoms with E-state index >= 15 is 0 Å². The molecular weight excluding hydrogens is 290 g/mol. The first kappa shape index (κ1) is 16.1. The minimum absolute atomic E-state index is 0.244. The largest absolute Gasteiger partial charge is 0.376 e. The van der Waals surface area contributed by atoms with Crippen molar-refractivity contribution in [3.63, 3.8) is 0 Å². The molecule has 1 aliphatic rings. The highest BCUT2D eigenvalue weighted by Crippen LogP contribution is 2.13. The highest BCUT2D eigenvalue weighted by molar-refractivity contribution is 5.22. The quantitative estimate of drug-likeness (QED) is 0.788. The molecule has 1 aromatic carbocycles. The third-order valence-electron chi connectivity index (χ3n) is 4.18. The zero-order chi connectivity index (χ0) is 16.1. The van der Waals surface area contributed by atoms with Crippen LogP contribution in [-0.4, -0.2) is 34.1 Å². The van der Waals surface area contributed by atoms with Gasteiger partial charge in [0.2, 0.25) is 0 Å². The van der Waals surface area contributed by atoms with E-state index in [2.05, 4.69) is 41.3 Å². The van der Waals surface area contributed by atoms with Crippen LogP contribution in [0.4, 0.5) is 0 Å². The van der Waals surface area contributed by atoms with Crippen LogP contribution in [0.5, 0.6) is 0 Å². The number of nitrogens with zero attached hydrogens (tertiary/aromatic N) is 3. The van der Waals surface area contributed by atoms with E-state index in [0.717, 1.165) is 44.1 Å². The number of aryl methyl sites for hydroxylation is 2. The lowest BCUT2D eigenvalue weighted by Crippen LogP contribution is -2.16. The maximum Gasteiger partial charge on any atom is 0.153 e. The Balaban J connectivity index is 1.59. The molecule has 1 saturated heterocycles. The molecule has 3 rings (SSSR count). The molecule has 0 aliphatic carbocycles. The summed E-state index contributed by atoms with van der Waals surface area (Å²) in [7, 11) is 0. The minimum Gasteiger partial charge on any atom is -0.376 e. The van der Waals surface area contributed by atoms with Crippen LogP contribution in [0.25, 0.3) is 0 Å².